The second-order valence-electron chi connectivity index (χ2n) is 4.96. The molecule has 122 valence electrons. The molecular formula is C18H15ClN2O2S. The van der Waals surface area contributed by atoms with E-state index in [2.05, 4.69) is 10.3 Å². The maximum Gasteiger partial charge on any atom is 0.257 e. The third-order valence-electron chi connectivity index (χ3n) is 3.27. The smallest absolute Gasteiger partial charge is 0.257 e. The number of ether oxygens (including phenoxy) is 1. The van der Waals surface area contributed by atoms with Crippen LogP contribution in [0.1, 0.15) is 17.3 Å². The molecule has 1 aromatic heterocycles. The van der Waals surface area contributed by atoms with Crippen molar-refractivity contribution in [1.82, 2.24) is 4.98 Å². The van der Waals surface area contributed by atoms with Gasteiger partial charge < -0.3 is 4.74 Å². The maximum atomic E-state index is 12.3. The number of benzene rings is 2. The minimum absolute atomic E-state index is 0.214. The summed E-state index contributed by atoms with van der Waals surface area (Å²) < 4.78 is 5.41. The lowest BCUT2D eigenvalue weighted by Crippen LogP contribution is -2.11. The van der Waals surface area contributed by atoms with Crippen LogP contribution in [0.15, 0.2) is 53.9 Å². The molecule has 3 rings (SSSR count). The monoisotopic (exact) mass is 358 g/mol. The molecule has 0 saturated carbocycles. The zero-order chi connectivity index (χ0) is 16.9. The lowest BCUT2D eigenvalue weighted by atomic mass is 10.2. The van der Waals surface area contributed by atoms with Gasteiger partial charge in [0.05, 0.1) is 12.3 Å². The molecule has 0 fully saturated rings. The highest BCUT2D eigenvalue weighted by Crippen LogP contribution is 2.26. The molecule has 3 aromatic rings. The third kappa shape index (κ3) is 3.93. The average Bonchev–Trinajstić information content (AvgIpc) is 3.04. The molecule has 6 heteroatoms. The fraction of sp³-hybridized carbons (Fsp3) is 0.111. The minimum atomic E-state index is -0.214. The van der Waals surface area contributed by atoms with E-state index in [0.717, 1.165) is 11.3 Å². The molecule has 0 spiro atoms. The Hall–Kier alpha value is -2.37. The lowest BCUT2D eigenvalue weighted by molar-refractivity contribution is 0.102. The van der Waals surface area contributed by atoms with E-state index < -0.39 is 0 Å². The van der Waals surface area contributed by atoms with Gasteiger partial charge in [0.1, 0.15) is 5.75 Å². The Morgan fingerprint density at radius 3 is 2.79 bits per heavy atom. The molecule has 0 bridgehead atoms. The number of carbonyl (C=O) groups excluding carboxylic acids is 1. The highest BCUT2D eigenvalue weighted by molar-refractivity contribution is 7.14. The molecular weight excluding hydrogens is 344 g/mol. The minimum Gasteiger partial charge on any atom is -0.494 e. The average molecular weight is 359 g/mol. The molecule has 0 aliphatic rings. The van der Waals surface area contributed by atoms with Crippen molar-refractivity contribution in [2.45, 2.75) is 6.92 Å². The van der Waals surface area contributed by atoms with Crippen LogP contribution in [0, 0.1) is 0 Å². The number of carbonyl (C=O) groups is 1. The first-order valence-electron chi connectivity index (χ1n) is 7.41. The van der Waals surface area contributed by atoms with Crippen LogP contribution in [0.25, 0.3) is 11.3 Å². The molecule has 4 nitrogen and oxygen atoms in total. The quantitative estimate of drug-likeness (QED) is 0.689. The normalized spacial score (nSPS) is 10.4. The van der Waals surface area contributed by atoms with Crippen molar-refractivity contribution in [2.24, 2.45) is 0 Å². The maximum absolute atomic E-state index is 12.3. The van der Waals surface area contributed by atoms with Gasteiger partial charge in [-0.2, -0.15) is 0 Å². The van der Waals surface area contributed by atoms with Crippen molar-refractivity contribution >= 4 is 34.0 Å². The van der Waals surface area contributed by atoms with Crippen molar-refractivity contribution in [3.05, 3.63) is 64.5 Å². The standard InChI is InChI=1S/C18H15ClN2O2S/c1-2-23-15-5-3-4-13(10-15)17(22)21-18-20-16(11-24-18)12-6-8-14(19)9-7-12/h3-11H,2H2,1H3,(H,20,21,22). The van der Waals surface area contributed by atoms with Crippen LogP contribution in [0.3, 0.4) is 0 Å². The molecule has 1 N–H and O–H groups in total. The molecule has 0 aliphatic carbocycles. The van der Waals surface area contributed by atoms with Gasteiger partial charge in [0, 0.05) is 21.5 Å². The number of halogens is 1. The zero-order valence-corrected chi connectivity index (χ0v) is 14.5. The van der Waals surface area contributed by atoms with E-state index >= 15 is 0 Å². The third-order valence-corrected chi connectivity index (χ3v) is 4.28. The van der Waals surface area contributed by atoms with Crippen LogP contribution in [-0.2, 0) is 0 Å². The lowest BCUT2D eigenvalue weighted by Gasteiger charge is -2.05. The number of nitrogens with zero attached hydrogens (tertiary/aromatic N) is 1. The highest BCUT2D eigenvalue weighted by atomic mass is 35.5. The summed E-state index contributed by atoms with van der Waals surface area (Å²) in [5.41, 5.74) is 2.29. The second-order valence-corrected chi connectivity index (χ2v) is 6.25. The SMILES string of the molecule is CCOc1cccc(C(=O)Nc2nc(-c3ccc(Cl)cc3)cs2)c1. The fourth-order valence-electron chi connectivity index (χ4n) is 2.15. The summed E-state index contributed by atoms with van der Waals surface area (Å²) in [6.07, 6.45) is 0. The summed E-state index contributed by atoms with van der Waals surface area (Å²) in [6, 6.07) is 14.5. The van der Waals surface area contributed by atoms with Gasteiger partial charge >= 0.3 is 0 Å². The number of hydrogen-bond donors (Lipinski definition) is 1. The Morgan fingerprint density at radius 1 is 1.25 bits per heavy atom. The molecule has 0 atom stereocenters. The molecule has 1 amide bonds. The fourth-order valence-corrected chi connectivity index (χ4v) is 2.99. The number of rotatable bonds is 5. The number of amides is 1. The van der Waals surface area contributed by atoms with Gasteiger partial charge in [-0.25, -0.2) is 4.98 Å². The van der Waals surface area contributed by atoms with Crippen molar-refractivity contribution in [3.8, 4) is 17.0 Å². The summed E-state index contributed by atoms with van der Waals surface area (Å²) >= 11 is 7.27. The van der Waals surface area contributed by atoms with E-state index in [1.54, 1.807) is 18.2 Å². The number of aromatic nitrogens is 1. The first kappa shape index (κ1) is 16.5. The van der Waals surface area contributed by atoms with E-state index in [4.69, 9.17) is 16.3 Å². The molecule has 0 aliphatic heterocycles. The van der Waals surface area contributed by atoms with Crippen molar-refractivity contribution < 1.29 is 9.53 Å². The first-order valence-corrected chi connectivity index (χ1v) is 8.67. The zero-order valence-electron chi connectivity index (χ0n) is 13.0. The van der Waals surface area contributed by atoms with Crippen molar-refractivity contribution in [2.75, 3.05) is 11.9 Å². The van der Waals surface area contributed by atoms with E-state index in [1.165, 1.54) is 11.3 Å². The van der Waals surface area contributed by atoms with Gasteiger partial charge in [0.2, 0.25) is 0 Å². The number of thiazole rings is 1. The van der Waals surface area contributed by atoms with E-state index in [9.17, 15) is 4.79 Å². The van der Waals surface area contributed by atoms with E-state index in [1.807, 2.05) is 42.6 Å². The van der Waals surface area contributed by atoms with Gasteiger partial charge in [0.25, 0.3) is 5.91 Å². The van der Waals surface area contributed by atoms with Crippen molar-refractivity contribution in [1.29, 1.82) is 0 Å². The second kappa shape index (κ2) is 7.47. The molecule has 24 heavy (non-hydrogen) atoms. The Bertz CT molecular complexity index is 846. The summed E-state index contributed by atoms with van der Waals surface area (Å²) in [4.78, 5) is 16.8. The van der Waals surface area contributed by atoms with Crippen LogP contribution >= 0.6 is 22.9 Å². The van der Waals surface area contributed by atoms with Crippen molar-refractivity contribution in [3.63, 3.8) is 0 Å². The van der Waals surface area contributed by atoms with Gasteiger partial charge in [0.15, 0.2) is 5.13 Å². The summed E-state index contributed by atoms with van der Waals surface area (Å²) in [5.74, 6) is 0.458. The van der Waals surface area contributed by atoms with Gasteiger partial charge in [-0.15, -0.1) is 11.3 Å². The van der Waals surface area contributed by atoms with Crippen LogP contribution < -0.4 is 10.1 Å². The number of hydrogen-bond acceptors (Lipinski definition) is 4. The topological polar surface area (TPSA) is 51.2 Å². The van der Waals surface area contributed by atoms with Crippen LogP contribution in [-0.4, -0.2) is 17.5 Å². The summed E-state index contributed by atoms with van der Waals surface area (Å²) in [5, 5.41) is 5.94. The highest BCUT2D eigenvalue weighted by Gasteiger charge is 2.11. The van der Waals surface area contributed by atoms with Crippen LogP contribution in [0.5, 0.6) is 5.75 Å². The predicted molar refractivity (Wildman–Crippen MR) is 98.1 cm³/mol. The first-order chi connectivity index (χ1) is 11.7. The summed E-state index contributed by atoms with van der Waals surface area (Å²) in [6.45, 7) is 2.46. The molecule has 0 unspecified atom stereocenters. The van der Waals surface area contributed by atoms with Crippen LogP contribution in [0.4, 0.5) is 5.13 Å². The predicted octanol–water partition coefficient (Wildman–Crippen LogP) is 5.11. The van der Waals surface area contributed by atoms with Gasteiger partial charge in [-0.05, 0) is 37.3 Å². The number of nitrogens with one attached hydrogen (secondary N) is 1. The largest absolute Gasteiger partial charge is 0.494 e. The van der Waals surface area contributed by atoms with Crippen LogP contribution in [0.2, 0.25) is 5.02 Å². The van der Waals surface area contributed by atoms with E-state index in [-0.39, 0.29) is 5.91 Å². The van der Waals surface area contributed by atoms with Gasteiger partial charge in [-0.3, -0.25) is 10.1 Å². The Kier molecular flexibility index (Phi) is 5.13. The Labute approximate surface area is 149 Å². The Balaban J connectivity index is 1.73. The van der Waals surface area contributed by atoms with Gasteiger partial charge in [-0.1, -0.05) is 29.8 Å². The summed E-state index contributed by atoms with van der Waals surface area (Å²) in [7, 11) is 0. The Morgan fingerprint density at radius 2 is 2.04 bits per heavy atom. The molecule has 2 aromatic carbocycles. The molecule has 1 heterocycles. The number of anilines is 1. The van der Waals surface area contributed by atoms with E-state index in [0.29, 0.717) is 28.1 Å². The molecule has 0 saturated heterocycles. The molecule has 0 radical (unpaired) electrons.